The van der Waals surface area contributed by atoms with Gasteiger partial charge in [0.05, 0.1) is 13.2 Å². The van der Waals surface area contributed by atoms with Crippen LogP contribution in [-0.2, 0) is 11.3 Å². The van der Waals surface area contributed by atoms with Crippen LogP contribution in [0.1, 0.15) is 21.6 Å². The van der Waals surface area contributed by atoms with Gasteiger partial charge in [-0.15, -0.1) is 0 Å². The number of hydrogen-bond donors (Lipinski definition) is 1. The number of aryl methyl sites for hydroxylation is 1. The summed E-state index contributed by atoms with van der Waals surface area (Å²) in [5.41, 5.74) is 2.73. The van der Waals surface area contributed by atoms with Crippen molar-refractivity contribution < 1.29 is 9.53 Å². The highest BCUT2D eigenvalue weighted by atomic mass is 16.5. The van der Waals surface area contributed by atoms with Gasteiger partial charge in [0.2, 0.25) is 0 Å². The van der Waals surface area contributed by atoms with Crippen LogP contribution < -0.4 is 10.5 Å². The van der Waals surface area contributed by atoms with Crippen LogP contribution >= 0.6 is 0 Å². The Hall–Kier alpha value is -2.60. The van der Waals surface area contributed by atoms with Gasteiger partial charge in [0.1, 0.15) is 5.56 Å². The highest BCUT2D eigenvalue weighted by molar-refractivity contribution is 5.93. The van der Waals surface area contributed by atoms with E-state index in [1.807, 2.05) is 18.2 Å². The number of morpholine rings is 1. The molecule has 6 nitrogen and oxygen atoms in total. The van der Waals surface area contributed by atoms with E-state index in [-0.39, 0.29) is 17.0 Å². The number of aromatic amines is 1. The van der Waals surface area contributed by atoms with Crippen molar-refractivity contribution in [1.29, 1.82) is 0 Å². The van der Waals surface area contributed by atoms with E-state index in [2.05, 4.69) is 16.0 Å². The highest BCUT2D eigenvalue weighted by Crippen LogP contribution is 2.23. The summed E-state index contributed by atoms with van der Waals surface area (Å²) < 4.78 is 5.42. The molecule has 1 saturated heterocycles. The molecule has 1 amide bonds. The number of anilines is 1. The predicted molar refractivity (Wildman–Crippen MR) is 97.1 cm³/mol. The van der Waals surface area contributed by atoms with E-state index < -0.39 is 0 Å². The summed E-state index contributed by atoms with van der Waals surface area (Å²) in [5, 5.41) is 0. The molecular weight excluding hydrogens is 318 g/mol. The number of para-hydroxylation sites is 1. The maximum Gasteiger partial charge on any atom is 0.260 e. The van der Waals surface area contributed by atoms with Gasteiger partial charge in [0.25, 0.3) is 11.5 Å². The fraction of sp³-hybridized carbons (Fsp3) is 0.368. The Labute approximate surface area is 147 Å². The number of carbonyl (C=O) groups excluding carboxylic acids is 1. The zero-order valence-electron chi connectivity index (χ0n) is 14.6. The Morgan fingerprint density at radius 1 is 1.20 bits per heavy atom. The van der Waals surface area contributed by atoms with Gasteiger partial charge in [-0.3, -0.25) is 9.59 Å². The van der Waals surface area contributed by atoms with Crippen LogP contribution in [0.5, 0.6) is 0 Å². The van der Waals surface area contributed by atoms with Crippen molar-refractivity contribution in [3.8, 4) is 0 Å². The molecule has 6 heteroatoms. The van der Waals surface area contributed by atoms with Gasteiger partial charge in [0.15, 0.2) is 0 Å². The molecule has 0 bridgehead atoms. The Morgan fingerprint density at radius 2 is 1.92 bits per heavy atom. The predicted octanol–water partition coefficient (Wildman–Crippen LogP) is 1.79. The molecule has 1 aliphatic heterocycles. The van der Waals surface area contributed by atoms with E-state index in [9.17, 15) is 9.59 Å². The standard InChI is InChI=1S/C19H23N3O3/c1-14-7-8-16(18(23)20-14)19(24)21(2)13-15-5-3-4-6-17(15)22-9-11-25-12-10-22/h3-8H,9-13H2,1-2H3,(H,20,23). The second-order valence-electron chi connectivity index (χ2n) is 6.27. The lowest BCUT2D eigenvalue weighted by Gasteiger charge is -2.31. The van der Waals surface area contributed by atoms with E-state index >= 15 is 0 Å². The lowest BCUT2D eigenvalue weighted by atomic mass is 10.1. The SMILES string of the molecule is Cc1ccc(C(=O)N(C)Cc2ccccc2N2CCOCC2)c(=O)[nH]1. The number of H-pyrrole nitrogens is 1. The minimum atomic E-state index is -0.349. The summed E-state index contributed by atoms with van der Waals surface area (Å²) in [6.45, 7) is 5.33. The zero-order valence-corrected chi connectivity index (χ0v) is 14.6. The van der Waals surface area contributed by atoms with Crippen molar-refractivity contribution >= 4 is 11.6 Å². The summed E-state index contributed by atoms with van der Waals surface area (Å²) in [5.74, 6) is -0.280. The number of rotatable bonds is 4. The summed E-state index contributed by atoms with van der Waals surface area (Å²) in [4.78, 5) is 31.2. The van der Waals surface area contributed by atoms with E-state index in [1.165, 1.54) is 0 Å². The second kappa shape index (κ2) is 7.53. The third-order valence-electron chi connectivity index (χ3n) is 4.38. The van der Waals surface area contributed by atoms with Crippen molar-refractivity contribution in [1.82, 2.24) is 9.88 Å². The van der Waals surface area contributed by atoms with Crippen LogP contribution in [0.3, 0.4) is 0 Å². The average Bonchev–Trinajstić information content (AvgIpc) is 2.62. The molecule has 1 aromatic carbocycles. The zero-order chi connectivity index (χ0) is 17.8. The van der Waals surface area contributed by atoms with Gasteiger partial charge < -0.3 is 19.5 Å². The Morgan fingerprint density at radius 3 is 2.64 bits per heavy atom. The van der Waals surface area contributed by atoms with E-state index in [1.54, 1.807) is 31.0 Å². The fourth-order valence-electron chi connectivity index (χ4n) is 3.03. The van der Waals surface area contributed by atoms with Gasteiger partial charge >= 0.3 is 0 Å². The van der Waals surface area contributed by atoms with E-state index in [0.717, 1.165) is 30.0 Å². The smallest absolute Gasteiger partial charge is 0.260 e. The first-order valence-corrected chi connectivity index (χ1v) is 8.42. The topological polar surface area (TPSA) is 65.6 Å². The van der Waals surface area contributed by atoms with Crippen molar-refractivity contribution in [3.05, 3.63) is 63.6 Å². The summed E-state index contributed by atoms with van der Waals surface area (Å²) in [6, 6.07) is 11.4. The molecule has 0 spiro atoms. The number of ether oxygens (including phenoxy) is 1. The average molecular weight is 341 g/mol. The molecule has 25 heavy (non-hydrogen) atoms. The van der Waals surface area contributed by atoms with E-state index in [0.29, 0.717) is 19.8 Å². The van der Waals surface area contributed by atoms with Crippen molar-refractivity contribution in [2.75, 3.05) is 38.3 Å². The number of amides is 1. The van der Waals surface area contributed by atoms with Crippen molar-refractivity contribution in [2.24, 2.45) is 0 Å². The van der Waals surface area contributed by atoms with Crippen LogP contribution in [0.2, 0.25) is 0 Å². The Balaban J connectivity index is 1.79. The molecule has 1 N–H and O–H groups in total. The maximum absolute atomic E-state index is 12.6. The summed E-state index contributed by atoms with van der Waals surface area (Å²) in [6.07, 6.45) is 0. The molecule has 1 aromatic heterocycles. The second-order valence-corrected chi connectivity index (χ2v) is 6.27. The number of pyridine rings is 1. The maximum atomic E-state index is 12.6. The molecular formula is C19H23N3O3. The monoisotopic (exact) mass is 341 g/mol. The number of carbonyl (C=O) groups is 1. The molecule has 0 saturated carbocycles. The van der Waals surface area contributed by atoms with Gasteiger partial charge in [-0.05, 0) is 30.7 Å². The van der Waals surface area contributed by atoms with E-state index in [4.69, 9.17) is 4.74 Å². The first-order valence-electron chi connectivity index (χ1n) is 8.42. The molecule has 3 rings (SSSR count). The third kappa shape index (κ3) is 3.91. The van der Waals surface area contributed by atoms with Crippen LogP contribution in [0.15, 0.2) is 41.2 Å². The first-order chi connectivity index (χ1) is 12.1. The van der Waals surface area contributed by atoms with Gasteiger partial charge in [0, 0.05) is 38.1 Å². The third-order valence-corrected chi connectivity index (χ3v) is 4.38. The summed E-state index contributed by atoms with van der Waals surface area (Å²) >= 11 is 0. The van der Waals surface area contributed by atoms with Gasteiger partial charge in [-0.25, -0.2) is 0 Å². The molecule has 1 aliphatic rings. The fourth-order valence-corrected chi connectivity index (χ4v) is 3.03. The largest absolute Gasteiger partial charge is 0.378 e. The Bertz CT molecular complexity index is 810. The quantitative estimate of drug-likeness (QED) is 0.921. The van der Waals surface area contributed by atoms with Crippen molar-refractivity contribution in [3.63, 3.8) is 0 Å². The van der Waals surface area contributed by atoms with Crippen LogP contribution in [0.4, 0.5) is 5.69 Å². The van der Waals surface area contributed by atoms with Gasteiger partial charge in [-0.2, -0.15) is 0 Å². The number of nitrogens with one attached hydrogen (secondary N) is 1. The number of benzene rings is 1. The molecule has 2 aromatic rings. The normalized spacial score (nSPS) is 14.4. The first kappa shape index (κ1) is 17.2. The van der Waals surface area contributed by atoms with Crippen LogP contribution in [-0.4, -0.2) is 49.1 Å². The molecule has 2 heterocycles. The molecule has 1 fully saturated rings. The molecule has 0 atom stereocenters. The number of nitrogens with zero attached hydrogens (tertiary/aromatic N) is 2. The minimum Gasteiger partial charge on any atom is -0.378 e. The number of aromatic nitrogens is 1. The lowest BCUT2D eigenvalue weighted by molar-refractivity contribution is 0.0783. The molecule has 0 unspecified atom stereocenters. The summed E-state index contributed by atoms with van der Waals surface area (Å²) in [7, 11) is 1.72. The van der Waals surface area contributed by atoms with Crippen LogP contribution in [0.25, 0.3) is 0 Å². The molecule has 132 valence electrons. The van der Waals surface area contributed by atoms with Crippen molar-refractivity contribution in [2.45, 2.75) is 13.5 Å². The number of hydrogen-bond acceptors (Lipinski definition) is 4. The highest BCUT2D eigenvalue weighted by Gasteiger charge is 2.19. The molecule has 0 aliphatic carbocycles. The van der Waals surface area contributed by atoms with Crippen LogP contribution in [0, 0.1) is 6.92 Å². The van der Waals surface area contributed by atoms with Gasteiger partial charge in [-0.1, -0.05) is 18.2 Å². The molecule has 0 radical (unpaired) electrons. The minimum absolute atomic E-state index is 0.164. The lowest BCUT2D eigenvalue weighted by Crippen LogP contribution is -2.37. The Kier molecular flexibility index (Phi) is 5.19.